The van der Waals surface area contributed by atoms with Crippen LogP contribution in [-0.2, 0) is 19.6 Å². The van der Waals surface area contributed by atoms with Crippen LogP contribution >= 0.6 is 0 Å². The van der Waals surface area contributed by atoms with Crippen LogP contribution in [0.25, 0.3) is 0 Å². The van der Waals surface area contributed by atoms with Gasteiger partial charge in [0.2, 0.25) is 21.8 Å². The van der Waals surface area contributed by atoms with Crippen molar-refractivity contribution in [1.29, 1.82) is 0 Å². The van der Waals surface area contributed by atoms with Crippen molar-refractivity contribution in [3.05, 3.63) is 30.1 Å². The molecule has 0 atom stereocenters. The molecule has 1 aliphatic rings. The van der Waals surface area contributed by atoms with Gasteiger partial charge < -0.3 is 9.80 Å². The second-order valence-electron chi connectivity index (χ2n) is 5.17. The highest BCUT2D eigenvalue weighted by atomic mass is 32.2. The second-order valence-corrected chi connectivity index (χ2v) is 6.93. The summed E-state index contributed by atoms with van der Waals surface area (Å²) in [5, 5.41) is 0. The third-order valence-corrected chi connectivity index (χ3v) is 5.03. The Bertz CT molecular complexity index is 682. The predicted molar refractivity (Wildman–Crippen MR) is 80.4 cm³/mol. The van der Waals surface area contributed by atoms with E-state index in [4.69, 9.17) is 0 Å². The summed E-state index contributed by atoms with van der Waals surface area (Å²) in [6.07, 6.45) is 0. The van der Waals surface area contributed by atoms with Crippen molar-refractivity contribution >= 4 is 21.8 Å². The number of amides is 2. The number of carbonyl (C=O) groups excluding carboxylic acids is 2. The zero-order chi connectivity index (χ0) is 17.0. The summed E-state index contributed by atoms with van der Waals surface area (Å²) in [6, 6.07) is 4.34. The first-order chi connectivity index (χ1) is 10.8. The minimum Gasteiger partial charge on any atom is -0.339 e. The first-order valence-corrected chi connectivity index (χ1v) is 8.56. The third-order valence-electron chi connectivity index (χ3n) is 3.62. The molecule has 1 fully saturated rings. The summed E-state index contributed by atoms with van der Waals surface area (Å²) in [7, 11) is -3.86. The lowest BCUT2D eigenvalue weighted by molar-refractivity contribution is -0.137. The van der Waals surface area contributed by atoms with E-state index in [1.807, 2.05) is 0 Å². The van der Waals surface area contributed by atoms with Crippen LogP contribution in [0.4, 0.5) is 4.39 Å². The number of benzene rings is 1. The maximum absolute atomic E-state index is 12.8. The summed E-state index contributed by atoms with van der Waals surface area (Å²) >= 11 is 0. The van der Waals surface area contributed by atoms with Crippen LogP contribution < -0.4 is 4.72 Å². The van der Waals surface area contributed by atoms with Gasteiger partial charge in [0.15, 0.2) is 0 Å². The second kappa shape index (κ2) is 7.05. The first kappa shape index (κ1) is 17.4. The quantitative estimate of drug-likeness (QED) is 0.820. The van der Waals surface area contributed by atoms with Crippen molar-refractivity contribution in [2.75, 3.05) is 32.7 Å². The molecule has 0 radical (unpaired) electrons. The molecule has 0 aliphatic carbocycles. The molecule has 23 heavy (non-hydrogen) atoms. The topological polar surface area (TPSA) is 86.8 Å². The predicted octanol–water partition coefficient (Wildman–Crippen LogP) is -0.205. The summed E-state index contributed by atoms with van der Waals surface area (Å²) in [6.45, 7) is 2.71. The van der Waals surface area contributed by atoms with Crippen LogP contribution in [0.15, 0.2) is 29.2 Å². The van der Waals surface area contributed by atoms with Crippen molar-refractivity contribution in [3.8, 4) is 0 Å². The Morgan fingerprint density at radius 3 is 2.13 bits per heavy atom. The largest absolute Gasteiger partial charge is 0.339 e. The molecule has 2 amide bonds. The van der Waals surface area contributed by atoms with Gasteiger partial charge in [-0.15, -0.1) is 0 Å². The van der Waals surface area contributed by atoms with E-state index >= 15 is 0 Å². The first-order valence-electron chi connectivity index (χ1n) is 7.08. The van der Waals surface area contributed by atoms with Gasteiger partial charge >= 0.3 is 0 Å². The van der Waals surface area contributed by atoms with Gasteiger partial charge in [0.25, 0.3) is 0 Å². The molecule has 0 aromatic heterocycles. The van der Waals surface area contributed by atoms with Crippen LogP contribution in [-0.4, -0.2) is 62.8 Å². The molecule has 0 unspecified atom stereocenters. The molecule has 9 heteroatoms. The number of carbonyl (C=O) groups is 2. The van der Waals surface area contributed by atoms with Gasteiger partial charge in [0.1, 0.15) is 5.82 Å². The number of nitrogens with one attached hydrogen (secondary N) is 1. The van der Waals surface area contributed by atoms with E-state index in [1.54, 1.807) is 4.90 Å². The highest BCUT2D eigenvalue weighted by molar-refractivity contribution is 7.89. The molecule has 126 valence electrons. The fraction of sp³-hybridized carbons (Fsp3) is 0.429. The van der Waals surface area contributed by atoms with E-state index in [2.05, 4.69) is 4.72 Å². The number of rotatable bonds is 4. The molecular formula is C14H18FN3O4S. The van der Waals surface area contributed by atoms with E-state index in [1.165, 1.54) is 11.8 Å². The monoisotopic (exact) mass is 343 g/mol. The van der Waals surface area contributed by atoms with E-state index in [-0.39, 0.29) is 23.3 Å². The molecular weight excluding hydrogens is 325 g/mol. The van der Waals surface area contributed by atoms with Gasteiger partial charge in [-0.1, -0.05) is 0 Å². The molecule has 1 N–H and O–H groups in total. The zero-order valence-corrected chi connectivity index (χ0v) is 13.5. The van der Waals surface area contributed by atoms with Gasteiger partial charge in [-0.25, -0.2) is 17.5 Å². The summed E-state index contributed by atoms with van der Waals surface area (Å²) < 4.78 is 39.0. The van der Waals surface area contributed by atoms with Gasteiger partial charge in [-0.3, -0.25) is 9.59 Å². The van der Waals surface area contributed by atoms with Crippen LogP contribution in [0.1, 0.15) is 6.92 Å². The fourth-order valence-electron chi connectivity index (χ4n) is 2.24. The summed E-state index contributed by atoms with van der Waals surface area (Å²) in [5.74, 6) is -0.948. The maximum atomic E-state index is 12.8. The smallest absolute Gasteiger partial charge is 0.241 e. The Kier molecular flexibility index (Phi) is 5.32. The maximum Gasteiger partial charge on any atom is 0.241 e. The van der Waals surface area contributed by atoms with Crippen molar-refractivity contribution in [1.82, 2.24) is 14.5 Å². The summed E-state index contributed by atoms with van der Waals surface area (Å²) in [4.78, 5) is 26.3. The van der Waals surface area contributed by atoms with Crippen molar-refractivity contribution < 1.29 is 22.4 Å². The molecule has 1 heterocycles. The highest BCUT2D eigenvalue weighted by Crippen LogP contribution is 2.09. The summed E-state index contributed by atoms with van der Waals surface area (Å²) in [5.41, 5.74) is 0. The van der Waals surface area contributed by atoms with E-state index in [0.29, 0.717) is 26.2 Å². The van der Waals surface area contributed by atoms with Crippen LogP contribution in [0.3, 0.4) is 0 Å². The van der Waals surface area contributed by atoms with Gasteiger partial charge in [-0.05, 0) is 24.3 Å². The molecule has 0 spiro atoms. The van der Waals surface area contributed by atoms with Gasteiger partial charge in [0.05, 0.1) is 11.4 Å². The standard InChI is InChI=1S/C14H18FN3O4S/c1-11(19)17-6-8-18(9-7-17)14(20)10-16-23(21,22)13-4-2-12(15)3-5-13/h2-5,16H,6-10H2,1H3. The number of nitrogens with zero attached hydrogens (tertiary/aromatic N) is 2. The van der Waals surface area contributed by atoms with E-state index in [9.17, 15) is 22.4 Å². The molecule has 1 saturated heterocycles. The number of hydrogen-bond acceptors (Lipinski definition) is 4. The zero-order valence-electron chi connectivity index (χ0n) is 12.7. The van der Waals surface area contributed by atoms with Crippen LogP contribution in [0.2, 0.25) is 0 Å². The SMILES string of the molecule is CC(=O)N1CCN(C(=O)CNS(=O)(=O)c2ccc(F)cc2)CC1. The highest BCUT2D eigenvalue weighted by Gasteiger charge is 2.23. The Labute approximate surface area is 134 Å². The van der Waals surface area contributed by atoms with Crippen molar-refractivity contribution in [3.63, 3.8) is 0 Å². The van der Waals surface area contributed by atoms with E-state index < -0.39 is 15.8 Å². The fourth-order valence-corrected chi connectivity index (χ4v) is 3.21. The minimum absolute atomic E-state index is 0.0471. The molecule has 2 rings (SSSR count). The van der Waals surface area contributed by atoms with Crippen LogP contribution in [0.5, 0.6) is 0 Å². The van der Waals surface area contributed by atoms with Crippen molar-refractivity contribution in [2.45, 2.75) is 11.8 Å². The lowest BCUT2D eigenvalue weighted by Crippen LogP contribution is -2.52. The molecule has 1 aliphatic heterocycles. The number of piperazine rings is 1. The number of sulfonamides is 1. The average Bonchev–Trinajstić information content (AvgIpc) is 2.53. The Balaban J connectivity index is 1.89. The third kappa shape index (κ3) is 4.49. The Morgan fingerprint density at radius 2 is 1.61 bits per heavy atom. The normalized spacial score (nSPS) is 15.6. The molecule has 1 aromatic rings. The molecule has 7 nitrogen and oxygen atoms in total. The number of hydrogen-bond donors (Lipinski definition) is 1. The van der Waals surface area contributed by atoms with Crippen molar-refractivity contribution in [2.24, 2.45) is 0 Å². The molecule has 1 aromatic carbocycles. The Hall–Kier alpha value is -2.00. The van der Waals surface area contributed by atoms with Gasteiger partial charge in [-0.2, -0.15) is 0 Å². The van der Waals surface area contributed by atoms with Crippen LogP contribution in [0, 0.1) is 5.82 Å². The number of halogens is 1. The van der Waals surface area contributed by atoms with E-state index in [0.717, 1.165) is 24.3 Å². The minimum atomic E-state index is -3.86. The average molecular weight is 343 g/mol. The lowest BCUT2D eigenvalue weighted by atomic mass is 10.3. The molecule has 0 bridgehead atoms. The lowest BCUT2D eigenvalue weighted by Gasteiger charge is -2.34. The van der Waals surface area contributed by atoms with Gasteiger partial charge in [0, 0.05) is 33.1 Å². The Morgan fingerprint density at radius 1 is 1.09 bits per heavy atom. The molecule has 0 saturated carbocycles.